The van der Waals surface area contributed by atoms with Gasteiger partial charge < -0.3 is 9.84 Å². The average Bonchev–Trinajstić information content (AvgIpc) is 3.43. The Bertz CT molecular complexity index is 1040. The number of fused-ring (bicyclic) bond motifs is 1. The normalized spacial score (nSPS) is 13.9. The van der Waals surface area contributed by atoms with Crippen LogP contribution < -0.4 is 0 Å². The molecule has 0 aromatic carbocycles. The van der Waals surface area contributed by atoms with Crippen LogP contribution in [0.25, 0.3) is 16.6 Å². The largest absolute Gasteiger partial charge is 0.481 e. The van der Waals surface area contributed by atoms with Gasteiger partial charge in [0.05, 0.1) is 17.8 Å². The maximum Gasteiger partial charge on any atom is 0.303 e. The lowest BCUT2D eigenvalue weighted by Crippen LogP contribution is -2.12. The first-order chi connectivity index (χ1) is 14.1. The third-order valence-corrected chi connectivity index (χ3v) is 5.46. The zero-order chi connectivity index (χ0) is 20.4. The number of pyridine rings is 1. The summed E-state index contributed by atoms with van der Waals surface area (Å²) in [4.78, 5) is 15.7. The smallest absolute Gasteiger partial charge is 0.303 e. The van der Waals surface area contributed by atoms with Crippen molar-refractivity contribution in [2.75, 3.05) is 6.61 Å². The van der Waals surface area contributed by atoms with Gasteiger partial charge in [-0.2, -0.15) is 5.10 Å². The summed E-state index contributed by atoms with van der Waals surface area (Å²) in [5.74, 6) is -0.146. The van der Waals surface area contributed by atoms with Gasteiger partial charge in [-0.1, -0.05) is 6.92 Å². The van der Waals surface area contributed by atoms with E-state index in [2.05, 4.69) is 30.1 Å². The molecule has 0 saturated heterocycles. The van der Waals surface area contributed by atoms with Crippen molar-refractivity contribution in [2.45, 2.75) is 52.6 Å². The number of ether oxygens (including phenoxy) is 1. The fourth-order valence-electron chi connectivity index (χ4n) is 3.76. The Balaban J connectivity index is 1.87. The van der Waals surface area contributed by atoms with Crippen LogP contribution in [0, 0.1) is 12.8 Å². The third-order valence-electron chi connectivity index (χ3n) is 5.46. The summed E-state index contributed by atoms with van der Waals surface area (Å²) in [6, 6.07) is 6.26. The highest BCUT2D eigenvalue weighted by Gasteiger charge is 2.23. The number of aromatic nitrogens is 3. The number of carboxylic acids is 1. The first-order valence-corrected chi connectivity index (χ1v) is 10.3. The van der Waals surface area contributed by atoms with E-state index in [-0.39, 0.29) is 6.42 Å². The second kappa shape index (κ2) is 8.33. The van der Waals surface area contributed by atoms with E-state index in [0.717, 1.165) is 52.2 Å². The summed E-state index contributed by atoms with van der Waals surface area (Å²) in [5, 5.41) is 14.2. The van der Waals surface area contributed by atoms with Crippen molar-refractivity contribution in [3.63, 3.8) is 0 Å². The molecule has 0 unspecified atom stereocenters. The number of rotatable bonds is 9. The highest BCUT2D eigenvalue weighted by Crippen LogP contribution is 2.33. The molecule has 152 valence electrons. The van der Waals surface area contributed by atoms with Gasteiger partial charge >= 0.3 is 5.97 Å². The second-order valence-corrected chi connectivity index (χ2v) is 7.88. The van der Waals surface area contributed by atoms with E-state index < -0.39 is 5.97 Å². The standard InChI is InChI=1S/C23H27N3O3/c1-3-18-6-8-21-23(17-10-15(2)11-24-12-17)19(7-9-22(27)28)20(25-26(18)21)14-29-13-16-4-5-16/h6,8,10-12,16H,3-5,7,9,13-14H2,1-2H3,(H,27,28). The molecule has 29 heavy (non-hydrogen) atoms. The van der Waals surface area contributed by atoms with E-state index in [0.29, 0.717) is 18.9 Å². The van der Waals surface area contributed by atoms with E-state index in [4.69, 9.17) is 9.84 Å². The van der Waals surface area contributed by atoms with Crippen LogP contribution in [-0.4, -0.2) is 32.3 Å². The molecule has 0 atom stereocenters. The summed E-state index contributed by atoms with van der Waals surface area (Å²) < 4.78 is 7.95. The summed E-state index contributed by atoms with van der Waals surface area (Å²) in [6.45, 7) is 5.26. The predicted octanol–water partition coefficient (Wildman–Crippen LogP) is 4.21. The van der Waals surface area contributed by atoms with Gasteiger partial charge in [-0.3, -0.25) is 9.78 Å². The Morgan fingerprint density at radius 1 is 1.31 bits per heavy atom. The van der Waals surface area contributed by atoms with Gasteiger partial charge in [-0.05, 0) is 67.9 Å². The van der Waals surface area contributed by atoms with Crippen molar-refractivity contribution >= 4 is 11.5 Å². The maximum atomic E-state index is 11.3. The minimum absolute atomic E-state index is 0.0566. The first-order valence-electron chi connectivity index (χ1n) is 10.3. The van der Waals surface area contributed by atoms with Crippen molar-refractivity contribution in [3.8, 4) is 11.1 Å². The number of carbonyl (C=O) groups is 1. The molecule has 0 amide bonds. The lowest BCUT2D eigenvalue weighted by atomic mass is 9.95. The number of aliphatic carboxylic acids is 1. The first kappa shape index (κ1) is 19.6. The van der Waals surface area contributed by atoms with Crippen LogP contribution in [0.1, 0.15) is 48.7 Å². The lowest BCUT2D eigenvalue weighted by Gasteiger charge is -2.17. The molecule has 1 saturated carbocycles. The van der Waals surface area contributed by atoms with Gasteiger partial charge in [0.25, 0.3) is 0 Å². The summed E-state index contributed by atoms with van der Waals surface area (Å²) in [5.41, 5.74) is 6.95. The lowest BCUT2D eigenvalue weighted by molar-refractivity contribution is -0.136. The Morgan fingerprint density at radius 2 is 2.14 bits per heavy atom. The minimum atomic E-state index is -0.812. The molecule has 1 N–H and O–H groups in total. The molecule has 4 rings (SSSR count). The van der Waals surface area contributed by atoms with E-state index in [1.807, 2.05) is 23.8 Å². The van der Waals surface area contributed by atoms with Crippen LogP contribution in [0.2, 0.25) is 0 Å². The highest BCUT2D eigenvalue weighted by atomic mass is 16.5. The number of hydrogen-bond donors (Lipinski definition) is 1. The number of hydrogen-bond acceptors (Lipinski definition) is 4. The van der Waals surface area contributed by atoms with Crippen LogP contribution in [-0.2, 0) is 29.0 Å². The van der Waals surface area contributed by atoms with Crippen molar-refractivity contribution < 1.29 is 14.6 Å². The molecule has 0 aliphatic heterocycles. The molecule has 0 radical (unpaired) electrons. The van der Waals surface area contributed by atoms with E-state index in [9.17, 15) is 9.90 Å². The molecule has 0 bridgehead atoms. The maximum absolute atomic E-state index is 11.3. The number of aryl methyl sites for hydroxylation is 2. The molecule has 6 heteroatoms. The monoisotopic (exact) mass is 393 g/mol. The quantitative estimate of drug-likeness (QED) is 0.589. The van der Waals surface area contributed by atoms with Crippen molar-refractivity contribution in [2.24, 2.45) is 5.92 Å². The Morgan fingerprint density at radius 3 is 2.83 bits per heavy atom. The zero-order valence-electron chi connectivity index (χ0n) is 17.0. The fraction of sp³-hybridized carbons (Fsp3) is 0.435. The molecule has 1 aliphatic rings. The SMILES string of the molecule is CCc1ccc2c(-c3cncc(C)c3)c(CCC(=O)O)c(COCC3CC3)nn12. The third kappa shape index (κ3) is 4.32. The van der Waals surface area contributed by atoms with Crippen LogP contribution in [0.5, 0.6) is 0 Å². The van der Waals surface area contributed by atoms with Crippen LogP contribution in [0.3, 0.4) is 0 Å². The van der Waals surface area contributed by atoms with Gasteiger partial charge in [0.2, 0.25) is 0 Å². The van der Waals surface area contributed by atoms with Crippen LogP contribution >= 0.6 is 0 Å². The van der Waals surface area contributed by atoms with Crippen molar-refractivity contribution in [1.29, 1.82) is 0 Å². The number of carboxylic acid groups (broad SMARTS) is 1. The zero-order valence-corrected chi connectivity index (χ0v) is 17.0. The molecule has 3 aromatic heterocycles. The predicted molar refractivity (Wildman–Crippen MR) is 111 cm³/mol. The molecule has 3 heterocycles. The van der Waals surface area contributed by atoms with Gasteiger partial charge in [0, 0.05) is 42.2 Å². The van der Waals surface area contributed by atoms with E-state index in [1.54, 1.807) is 0 Å². The molecule has 1 fully saturated rings. The van der Waals surface area contributed by atoms with Crippen LogP contribution in [0.4, 0.5) is 0 Å². The van der Waals surface area contributed by atoms with Gasteiger partial charge in [-0.25, -0.2) is 4.52 Å². The van der Waals surface area contributed by atoms with Gasteiger partial charge in [0.15, 0.2) is 0 Å². The van der Waals surface area contributed by atoms with Crippen molar-refractivity contribution in [1.82, 2.24) is 14.6 Å². The van der Waals surface area contributed by atoms with E-state index in [1.165, 1.54) is 12.8 Å². The molecular formula is C23H27N3O3. The Hall–Kier alpha value is -2.73. The summed E-state index contributed by atoms with van der Waals surface area (Å²) in [7, 11) is 0. The molecule has 1 aliphatic carbocycles. The Kier molecular flexibility index (Phi) is 5.62. The van der Waals surface area contributed by atoms with E-state index >= 15 is 0 Å². The van der Waals surface area contributed by atoms with Gasteiger partial charge in [-0.15, -0.1) is 0 Å². The molecule has 3 aromatic rings. The summed E-state index contributed by atoms with van der Waals surface area (Å²) >= 11 is 0. The van der Waals surface area contributed by atoms with Crippen molar-refractivity contribution in [3.05, 3.63) is 53.1 Å². The van der Waals surface area contributed by atoms with Crippen LogP contribution in [0.15, 0.2) is 30.6 Å². The Labute approximate surface area is 170 Å². The highest BCUT2D eigenvalue weighted by molar-refractivity contribution is 5.84. The average molecular weight is 393 g/mol. The second-order valence-electron chi connectivity index (χ2n) is 7.88. The number of nitrogens with zero attached hydrogens (tertiary/aromatic N) is 3. The van der Waals surface area contributed by atoms with Gasteiger partial charge in [0.1, 0.15) is 0 Å². The topological polar surface area (TPSA) is 76.7 Å². The minimum Gasteiger partial charge on any atom is -0.481 e. The molecular weight excluding hydrogens is 366 g/mol. The molecule has 6 nitrogen and oxygen atoms in total. The summed E-state index contributed by atoms with van der Waals surface area (Å²) in [6.07, 6.45) is 7.47. The molecule has 0 spiro atoms. The fourth-order valence-corrected chi connectivity index (χ4v) is 3.76.